The van der Waals surface area contributed by atoms with Crippen molar-refractivity contribution >= 4 is 34.1 Å². The van der Waals surface area contributed by atoms with Gasteiger partial charge in [0, 0.05) is 55.1 Å². The number of carbonyl (C=O) groups is 2. The maximum absolute atomic E-state index is 12.6. The van der Waals surface area contributed by atoms with E-state index in [1.807, 2.05) is 60.8 Å². The number of ether oxygens (including phenoxy) is 1. The Morgan fingerprint density at radius 1 is 0.943 bits per heavy atom. The Kier molecular flexibility index (Phi) is 6.35. The molecule has 4 aromatic rings. The monoisotopic (exact) mass is 471 g/mol. The van der Waals surface area contributed by atoms with Gasteiger partial charge in [-0.15, -0.1) is 0 Å². The molecule has 0 atom stereocenters. The molecule has 1 fully saturated rings. The van der Waals surface area contributed by atoms with Crippen LogP contribution in [-0.4, -0.2) is 64.2 Å². The van der Waals surface area contributed by atoms with Crippen molar-refractivity contribution in [3.05, 3.63) is 71.5 Å². The zero-order chi connectivity index (χ0) is 24.4. The van der Waals surface area contributed by atoms with Gasteiger partial charge >= 0.3 is 5.97 Å². The summed E-state index contributed by atoms with van der Waals surface area (Å²) < 4.78 is 7.16. The lowest BCUT2D eigenvalue weighted by atomic mass is 10.1. The van der Waals surface area contributed by atoms with Gasteiger partial charge in [-0.05, 0) is 50.1 Å². The van der Waals surface area contributed by atoms with Crippen LogP contribution in [0.2, 0.25) is 0 Å². The second-order valence-corrected chi connectivity index (χ2v) is 8.88. The Labute approximate surface area is 204 Å². The summed E-state index contributed by atoms with van der Waals surface area (Å²) in [5, 5.41) is 5.67. The average molecular weight is 472 g/mol. The minimum atomic E-state index is -0.384. The van der Waals surface area contributed by atoms with Crippen LogP contribution in [0.25, 0.3) is 16.6 Å². The van der Waals surface area contributed by atoms with E-state index in [-0.39, 0.29) is 24.9 Å². The molecule has 0 aliphatic carbocycles. The molecule has 8 heteroatoms. The van der Waals surface area contributed by atoms with Crippen LogP contribution in [0, 0.1) is 13.8 Å². The van der Waals surface area contributed by atoms with Gasteiger partial charge in [0.1, 0.15) is 0 Å². The summed E-state index contributed by atoms with van der Waals surface area (Å²) >= 11 is 0. The third-order valence-electron chi connectivity index (χ3n) is 6.71. The van der Waals surface area contributed by atoms with Crippen LogP contribution in [0.5, 0.6) is 0 Å². The first-order chi connectivity index (χ1) is 17.0. The molecule has 2 aromatic heterocycles. The van der Waals surface area contributed by atoms with Gasteiger partial charge in [-0.1, -0.05) is 30.3 Å². The highest BCUT2D eigenvalue weighted by molar-refractivity contribution is 5.92. The van der Waals surface area contributed by atoms with Gasteiger partial charge in [0.15, 0.2) is 12.3 Å². The third kappa shape index (κ3) is 4.69. The normalized spacial score (nSPS) is 14.0. The van der Waals surface area contributed by atoms with Crippen LogP contribution in [0.1, 0.15) is 23.4 Å². The number of amides is 1. The van der Waals surface area contributed by atoms with Gasteiger partial charge in [-0.25, -0.2) is 9.50 Å². The highest BCUT2D eigenvalue weighted by Gasteiger charge is 2.22. The predicted molar refractivity (Wildman–Crippen MR) is 134 cm³/mol. The zero-order valence-corrected chi connectivity index (χ0v) is 20.1. The van der Waals surface area contributed by atoms with E-state index in [9.17, 15) is 9.59 Å². The molecule has 0 spiro atoms. The Hall–Kier alpha value is -3.94. The molecule has 1 aliphatic rings. The second kappa shape index (κ2) is 9.74. The van der Waals surface area contributed by atoms with E-state index in [0.29, 0.717) is 19.5 Å². The van der Waals surface area contributed by atoms with Crippen LogP contribution in [0.4, 0.5) is 5.69 Å². The summed E-state index contributed by atoms with van der Waals surface area (Å²) in [7, 11) is 0. The molecule has 1 amide bonds. The second-order valence-electron chi connectivity index (χ2n) is 8.88. The summed E-state index contributed by atoms with van der Waals surface area (Å²) in [5.41, 5.74) is 5.69. The number of fused-ring (bicyclic) bond motifs is 3. The molecule has 0 radical (unpaired) electrons. The standard InChI is InChI=1S/C27H29N5O3/c1-19-22(20(2)32-27(28-19)23-10-6-7-11-24(23)29-32)12-13-26(34)35-18-25(33)31-16-14-30(15-17-31)21-8-4-3-5-9-21/h3-11H,12-18H2,1-2H3. The van der Waals surface area contributed by atoms with Gasteiger partial charge in [-0.2, -0.15) is 5.10 Å². The highest BCUT2D eigenvalue weighted by Crippen LogP contribution is 2.23. The summed E-state index contributed by atoms with van der Waals surface area (Å²) in [6.45, 7) is 6.49. The fourth-order valence-corrected chi connectivity index (χ4v) is 4.72. The zero-order valence-electron chi connectivity index (χ0n) is 20.1. The number of carbonyl (C=O) groups excluding carboxylic acids is 2. The van der Waals surface area contributed by atoms with Gasteiger partial charge in [0.05, 0.1) is 5.52 Å². The van der Waals surface area contributed by atoms with Crippen LogP contribution < -0.4 is 4.90 Å². The third-order valence-corrected chi connectivity index (χ3v) is 6.71. The van der Waals surface area contributed by atoms with Gasteiger partial charge < -0.3 is 14.5 Å². The van der Waals surface area contributed by atoms with E-state index in [2.05, 4.69) is 22.1 Å². The molecule has 180 valence electrons. The average Bonchev–Trinajstić information content (AvgIpc) is 3.26. The van der Waals surface area contributed by atoms with Crippen LogP contribution in [-0.2, 0) is 20.7 Å². The van der Waals surface area contributed by atoms with E-state index < -0.39 is 0 Å². The minimum Gasteiger partial charge on any atom is -0.456 e. The first-order valence-electron chi connectivity index (χ1n) is 12.0. The van der Waals surface area contributed by atoms with E-state index in [4.69, 9.17) is 9.72 Å². The van der Waals surface area contributed by atoms with Crippen molar-refractivity contribution in [2.75, 3.05) is 37.7 Å². The topological polar surface area (TPSA) is 80.0 Å². The van der Waals surface area contributed by atoms with Crippen molar-refractivity contribution in [3.8, 4) is 0 Å². The summed E-state index contributed by atoms with van der Waals surface area (Å²) in [6, 6.07) is 18.1. The molecule has 5 rings (SSSR count). The molecule has 1 saturated heterocycles. The lowest BCUT2D eigenvalue weighted by Crippen LogP contribution is -2.49. The number of aromatic nitrogens is 3. The van der Waals surface area contributed by atoms with Gasteiger partial charge in [0.2, 0.25) is 0 Å². The van der Waals surface area contributed by atoms with Crippen LogP contribution >= 0.6 is 0 Å². The van der Waals surface area contributed by atoms with Crippen molar-refractivity contribution < 1.29 is 14.3 Å². The Balaban J connectivity index is 1.14. The Morgan fingerprint density at radius 3 is 2.43 bits per heavy atom. The largest absolute Gasteiger partial charge is 0.456 e. The maximum Gasteiger partial charge on any atom is 0.306 e. The van der Waals surface area contributed by atoms with E-state index in [1.54, 1.807) is 4.90 Å². The first-order valence-corrected chi connectivity index (χ1v) is 12.0. The number of nitrogens with zero attached hydrogens (tertiary/aromatic N) is 5. The SMILES string of the molecule is Cc1nc2c3ccccc3nn2c(C)c1CCC(=O)OCC(=O)N1CCN(c2ccccc2)CC1. The minimum absolute atomic E-state index is 0.148. The van der Waals surface area contributed by atoms with E-state index in [1.165, 1.54) is 0 Å². The number of hydrogen-bond acceptors (Lipinski definition) is 6. The van der Waals surface area contributed by atoms with Crippen LogP contribution in [0.3, 0.4) is 0 Å². The van der Waals surface area contributed by atoms with Gasteiger partial charge in [-0.3, -0.25) is 9.59 Å². The molecular weight excluding hydrogens is 442 g/mol. The number of aryl methyl sites for hydroxylation is 2. The number of benzene rings is 2. The lowest BCUT2D eigenvalue weighted by molar-refractivity contribution is -0.152. The van der Waals surface area contributed by atoms with Crippen molar-refractivity contribution in [1.29, 1.82) is 0 Å². The number of piperazine rings is 1. The molecule has 0 unspecified atom stereocenters. The van der Waals surface area contributed by atoms with Crippen molar-refractivity contribution in [1.82, 2.24) is 19.5 Å². The van der Waals surface area contributed by atoms with Gasteiger partial charge in [0.25, 0.3) is 5.91 Å². The number of para-hydroxylation sites is 1. The smallest absolute Gasteiger partial charge is 0.306 e. The summed E-state index contributed by atoms with van der Waals surface area (Å²) in [5.74, 6) is -0.532. The Morgan fingerprint density at radius 2 is 1.66 bits per heavy atom. The van der Waals surface area contributed by atoms with Crippen molar-refractivity contribution in [2.24, 2.45) is 0 Å². The van der Waals surface area contributed by atoms with Crippen LogP contribution in [0.15, 0.2) is 54.6 Å². The predicted octanol–water partition coefficient (Wildman–Crippen LogP) is 3.32. The number of rotatable bonds is 6. The molecule has 3 heterocycles. The fourth-order valence-electron chi connectivity index (χ4n) is 4.72. The quantitative estimate of drug-likeness (QED) is 0.402. The van der Waals surface area contributed by atoms with Crippen molar-refractivity contribution in [2.45, 2.75) is 26.7 Å². The summed E-state index contributed by atoms with van der Waals surface area (Å²) in [4.78, 5) is 33.8. The van der Waals surface area contributed by atoms with Crippen molar-refractivity contribution in [3.63, 3.8) is 0 Å². The molecule has 1 aliphatic heterocycles. The number of hydrogen-bond donors (Lipinski definition) is 0. The molecule has 2 aromatic carbocycles. The highest BCUT2D eigenvalue weighted by atomic mass is 16.5. The molecule has 0 N–H and O–H groups in total. The first kappa shape index (κ1) is 22.8. The van der Waals surface area contributed by atoms with E-state index in [0.717, 1.165) is 52.3 Å². The molecule has 0 saturated carbocycles. The summed E-state index contributed by atoms with van der Waals surface area (Å²) in [6.07, 6.45) is 0.671. The molecular formula is C27H29N5O3. The lowest BCUT2D eigenvalue weighted by Gasteiger charge is -2.36. The number of anilines is 1. The fraction of sp³-hybridized carbons (Fsp3) is 0.333. The molecule has 0 bridgehead atoms. The maximum atomic E-state index is 12.6. The molecule has 35 heavy (non-hydrogen) atoms. The Bertz CT molecular complexity index is 1370. The molecule has 8 nitrogen and oxygen atoms in total. The number of esters is 1. The van der Waals surface area contributed by atoms with E-state index >= 15 is 0 Å².